The average molecular weight is 804 g/mol. The summed E-state index contributed by atoms with van der Waals surface area (Å²) in [5, 5.41) is 7.50. The van der Waals surface area contributed by atoms with Gasteiger partial charge in [-0.15, -0.1) is 0 Å². The minimum Gasteiger partial charge on any atom is -0.310 e. The number of aromatic nitrogens is 1. The topological polar surface area (TPSA) is 4.93 Å². The van der Waals surface area contributed by atoms with E-state index < -0.39 is 0 Å². The zero-order valence-corrected chi connectivity index (χ0v) is 35.6. The van der Waals surface area contributed by atoms with Crippen molar-refractivity contribution in [2.75, 3.05) is 0 Å². The van der Waals surface area contributed by atoms with Crippen LogP contribution in [0.15, 0.2) is 225 Å². The molecule has 0 aliphatic heterocycles. The molecule has 1 heterocycles. The molecule has 10 aromatic carbocycles. The summed E-state index contributed by atoms with van der Waals surface area (Å²) in [5.41, 5.74) is 20.4. The molecule has 0 bridgehead atoms. The monoisotopic (exact) mass is 803 g/mol. The normalized spacial score (nSPS) is 11.5. The summed E-state index contributed by atoms with van der Waals surface area (Å²) >= 11 is 0. The largest absolute Gasteiger partial charge is 0.310 e. The van der Waals surface area contributed by atoms with Crippen molar-refractivity contribution in [3.8, 4) is 66.8 Å². The molecule has 1 heteroatoms. The fraction of sp³-hybridized carbons (Fsp3) is 0.0323. The summed E-state index contributed by atoms with van der Waals surface area (Å²) in [7, 11) is 0. The molecule has 0 saturated carbocycles. The van der Waals surface area contributed by atoms with Gasteiger partial charge in [0.25, 0.3) is 0 Å². The number of hydrogen-bond donors (Lipinski definition) is 0. The maximum Gasteiger partial charge on any atom is 0.0541 e. The molecule has 11 rings (SSSR count). The smallest absolute Gasteiger partial charge is 0.0541 e. The summed E-state index contributed by atoms with van der Waals surface area (Å²) in [6.07, 6.45) is 1.82. The molecule has 0 spiro atoms. The number of nitrogens with zero attached hydrogens (tertiary/aromatic N) is 1. The van der Waals surface area contributed by atoms with Gasteiger partial charge in [-0.05, 0) is 138 Å². The van der Waals surface area contributed by atoms with Crippen LogP contribution in [0.2, 0.25) is 0 Å². The van der Waals surface area contributed by atoms with Crippen LogP contribution in [0.5, 0.6) is 0 Å². The number of fused-ring (bicyclic) bond motifs is 5. The quantitative estimate of drug-likeness (QED) is 0.107. The van der Waals surface area contributed by atoms with Gasteiger partial charge in [-0.2, -0.15) is 0 Å². The fourth-order valence-corrected chi connectivity index (χ4v) is 9.61. The van der Waals surface area contributed by atoms with Crippen molar-refractivity contribution in [1.82, 2.24) is 4.57 Å². The molecule has 0 atom stereocenters. The first-order valence-electron chi connectivity index (χ1n) is 21.7. The van der Waals surface area contributed by atoms with Crippen molar-refractivity contribution in [2.24, 2.45) is 0 Å². The van der Waals surface area contributed by atoms with Crippen molar-refractivity contribution < 1.29 is 0 Å². The zero-order chi connectivity index (χ0) is 42.6. The van der Waals surface area contributed by atoms with Crippen molar-refractivity contribution >= 4 is 49.0 Å². The Morgan fingerprint density at radius 2 is 0.683 bits per heavy atom. The molecule has 63 heavy (non-hydrogen) atoms. The summed E-state index contributed by atoms with van der Waals surface area (Å²) in [4.78, 5) is 0. The maximum absolute atomic E-state index is 4.27. The number of aryl methyl sites for hydroxylation is 2. The van der Waals surface area contributed by atoms with Gasteiger partial charge in [0.05, 0.1) is 11.0 Å². The van der Waals surface area contributed by atoms with E-state index in [1.54, 1.807) is 0 Å². The molecular formula is C62H45N. The summed E-state index contributed by atoms with van der Waals surface area (Å²) in [6, 6.07) is 75.7. The first-order chi connectivity index (χ1) is 30.9. The Labute approximate surface area is 369 Å². The number of allylic oxidation sites excluding steroid dienone is 2. The van der Waals surface area contributed by atoms with Gasteiger partial charge in [-0.25, -0.2) is 0 Å². The number of benzene rings is 10. The third-order valence-corrected chi connectivity index (χ3v) is 13.1. The number of rotatable bonds is 8. The molecule has 0 fully saturated rings. The second-order valence-electron chi connectivity index (χ2n) is 16.7. The van der Waals surface area contributed by atoms with E-state index in [4.69, 9.17) is 0 Å². The van der Waals surface area contributed by atoms with Crippen molar-refractivity contribution in [2.45, 2.75) is 13.8 Å². The molecule has 11 aromatic rings. The van der Waals surface area contributed by atoms with Crippen LogP contribution >= 0.6 is 0 Å². The molecule has 0 aliphatic rings. The maximum atomic E-state index is 4.27. The van der Waals surface area contributed by atoms with Gasteiger partial charge >= 0.3 is 0 Å². The Bertz CT molecular complexity index is 3550. The third-order valence-electron chi connectivity index (χ3n) is 13.1. The predicted molar refractivity (Wildman–Crippen MR) is 272 cm³/mol. The van der Waals surface area contributed by atoms with E-state index in [1.165, 1.54) is 110 Å². The number of para-hydroxylation sites is 1. The van der Waals surface area contributed by atoms with Crippen LogP contribution in [-0.4, -0.2) is 4.57 Å². The van der Waals surface area contributed by atoms with E-state index >= 15 is 0 Å². The molecule has 298 valence electrons. The van der Waals surface area contributed by atoms with E-state index in [0.29, 0.717) is 0 Å². The van der Waals surface area contributed by atoms with E-state index in [-0.39, 0.29) is 0 Å². The highest BCUT2D eigenvalue weighted by Gasteiger charge is 2.19. The Morgan fingerprint density at radius 1 is 0.333 bits per heavy atom. The van der Waals surface area contributed by atoms with Crippen LogP contribution in [0.25, 0.3) is 116 Å². The van der Waals surface area contributed by atoms with Gasteiger partial charge in [0.1, 0.15) is 0 Å². The van der Waals surface area contributed by atoms with Crippen LogP contribution < -0.4 is 0 Å². The van der Waals surface area contributed by atoms with Gasteiger partial charge in [0.15, 0.2) is 0 Å². The summed E-state index contributed by atoms with van der Waals surface area (Å²) in [6.45, 7) is 12.7. The second kappa shape index (κ2) is 15.5. The summed E-state index contributed by atoms with van der Waals surface area (Å²) < 4.78 is 2.20. The Hall–Kier alpha value is -8.00. The van der Waals surface area contributed by atoms with Gasteiger partial charge in [0.2, 0.25) is 0 Å². The van der Waals surface area contributed by atoms with Crippen LogP contribution in [-0.2, 0) is 0 Å². The fourth-order valence-electron chi connectivity index (χ4n) is 9.61. The van der Waals surface area contributed by atoms with Gasteiger partial charge < -0.3 is 4.57 Å². The molecule has 0 amide bonds. The molecule has 1 nitrogen and oxygen atoms in total. The first-order valence-corrected chi connectivity index (χ1v) is 21.7. The van der Waals surface area contributed by atoms with Crippen molar-refractivity contribution in [3.05, 3.63) is 237 Å². The van der Waals surface area contributed by atoms with Crippen LogP contribution in [0.3, 0.4) is 0 Å². The SMILES string of the molecule is C=CC(=C)n1c2ccccc2c2cc(-c3ccc(-c4ccc(-c5c6ccccc6c(-c6ccc(-c7ccc(-c8ccccc8)cc7)cc6)c6cc(C)c(C)cc56)cc4)cc3)ccc21. The highest BCUT2D eigenvalue weighted by molar-refractivity contribution is 6.22. The summed E-state index contributed by atoms with van der Waals surface area (Å²) in [5.74, 6) is 0. The van der Waals surface area contributed by atoms with Crippen LogP contribution in [0, 0.1) is 13.8 Å². The van der Waals surface area contributed by atoms with Crippen LogP contribution in [0.4, 0.5) is 0 Å². The standard InChI is InChI=1S/C62H45N/c1-5-42(4)63-59-18-12-11-15-53(59)56-39-52(35-36-60(56)63)49-25-23-46(24-26-49)48-29-33-51(34-30-48)62-55-17-10-9-16-54(55)61(57-37-40(2)41(3)38-58(57)62)50-31-27-47(28-32-50)45-21-19-44(20-22-45)43-13-7-6-8-14-43/h5-39H,1,4H2,2-3H3. The van der Waals surface area contributed by atoms with E-state index in [1.807, 2.05) is 6.08 Å². The lowest BCUT2D eigenvalue weighted by Gasteiger charge is -2.19. The molecule has 0 saturated heterocycles. The average Bonchev–Trinajstić information content (AvgIpc) is 3.68. The molecule has 0 unspecified atom stereocenters. The van der Waals surface area contributed by atoms with E-state index in [0.717, 1.165) is 16.7 Å². The minimum absolute atomic E-state index is 0.872. The Morgan fingerprint density at radius 3 is 1.14 bits per heavy atom. The number of hydrogen-bond acceptors (Lipinski definition) is 0. The molecule has 1 aromatic heterocycles. The van der Waals surface area contributed by atoms with E-state index in [9.17, 15) is 0 Å². The lowest BCUT2D eigenvalue weighted by atomic mass is 9.84. The molecular weight excluding hydrogens is 759 g/mol. The second-order valence-corrected chi connectivity index (χ2v) is 16.7. The molecule has 0 aliphatic carbocycles. The Balaban J connectivity index is 0.936. The van der Waals surface area contributed by atoms with E-state index in [2.05, 4.69) is 238 Å². The lowest BCUT2D eigenvalue weighted by Crippen LogP contribution is -1.93. The van der Waals surface area contributed by atoms with Crippen molar-refractivity contribution in [3.63, 3.8) is 0 Å². The molecule has 0 N–H and O–H groups in total. The molecule has 0 radical (unpaired) electrons. The highest BCUT2D eigenvalue weighted by atomic mass is 15.0. The minimum atomic E-state index is 0.872. The van der Waals surface area contributed by atoms with Gasteiger partial charge in [-0.3, -0.25) is 0 Å². The highest BCUT2D eigenvalue weighted by Crippen LogP contribution is 2.45. The Kier molecular flexibility index (Phi) is 9.33. The van der Waals surface area contributed by atoms with Crippen molar-refractivity contribution in [1.29, 1.82) is 0 Å². The lowest BCUT2D eigenvalue weighted by molar-refractivity contribution is 1.25. The third kappa shape index (κ3) is 6.58. The van der Waals surface area contributed by atoms with Gasteiger partial charge in [-0.1, -0.05) is 201 Å². The zero-order valence-electron chi connectivity index (χ0n) is 35.6. The van der Waals surface area contributed by atoms with Gasteiger partial charge in [0, 0.05) is 16.5 Å². The van der Waals surface area contributed by atoms with Crippen LogP contribution in [0.1, 0.15) is 11.1 Å². The predicted octanol–water partition coefficient (Wildman–Crippen LogP) is 17.4. The first kappa shape index (κ1) is 38.0.